The number of rotatable bonds is 7. The maximum atomic E-state index is 12.3. The lowest BCUT2D eigenvalue weighted by atomic mass is 10.1. The summed E-state index contributed by atoms with van der Waals surface area (Å²) in [5.74, 6) is -0.842. The standard InChI is InChI=1S/C21H18BrNO6/c1-27-10-4-9-23-19(24)16-11-13-7-8-14(12-18(13)29-21(16)26)28-20(25)15-5-2-3-6-17(15)22/h2-3,5-8,11-12H,4,9-10H2,1H3,(H,23,24). The number of halogens is 1. The van der Waals surface area contributed by atoms with Crippen molar-refractivity contribution in [3.05, 3.63) is 74.6 Å². The van der Waals surface area contributed by atoms with Crippen LogP contribution < -0.4 is 15.7 Å². The van der Waals surface area contributed by atoms with Crippen LogP contribution in [0.3, 0.4) is 0 Å². The first-order chi connectivity index (χ1) is 14.0. The van der Waals surface area contributed by atoms with Gasteiger partial charge in [-0.3, -0.25) is 4.79 Å². The number of fused-ring (bicyclic) bond motifs is 1. The first-order valence-corrected chi connectivity index (χ1v) is 9.60. The lowest BCUT2D eigenvalue weighted by Crippen LogP contribution is -2.29. The van der Waals surface area contributed by atoms with Crippen molar-refractivity contribution in [1.82, 2.24) is 5.32 Å². The maximum Gasteiger partial charge on any atom is 0.349 e. The highest BCUT2D eigenvalue weighted by atomic mass is 79.9. The lowest BCUT2D eigenvalue weighted by Gasteiger charge is -2.08. The molecular formula is C21H18BrNO6. The smallest absolute Gasteiger partial charge is 0.349 e. The van der Waals surface area contributed by atoms with Crippen LogP contribution in [0, 0.1) is 0 Å². The highest BCUT2D eigenvalue weighted by molar-refractivity contribution is 9.10. The number of nitrogens with one attached hydrogen (secondary N) is 1. The van der Waals surface area contributed by atoms with E-state index in [4.69, 9.17) is 13.9 Å². The summed E-state index contributed by atoms with van der Waals surface area (Å²) in [5, 5.41) is 3.18. The molecule has 0 unspecified atom stereocenters. The highest BCUT2D eigenvalue weighted by Crippen LogP contribution is 2.23. The average Bonchev–Trinajstić information content (AvgIpc) is 2.70. The van der Waals surface area contributed by atoms with Gasteiger partial charge < -0.3 is 19.2 Å². The Kier molecular flexibility index (Phi) is 6.79. The summed E-state index contributed by atoms with van der Waals surface area (Å²) in [5.41, 5.74) is -0.276. The SMILES string of the molecule is COCCCNC(=O)c1cc2ccc(OC(=O)c3ccccc3Br)cc2oc1=O. The summed E-state index contributed by atoms with van der Waals surface area (Å²) in [6, 6.07) is 12.9. The molecule has 0 bridgehead atoms. The number of ether oxygens (including phenoxy) is 2. The predicted molar refractivity (Wildman–Crippen MR) is 110 cm³/mol. The van der Waals surface area contributed by atoms with Gasteiger partial charge in [0.25, 0.3) is 5.91 Å². The molecule has 0 aliphatic carbocycles. The number of hydrogen-bond acceptors (Lipinski definition) is 6. The van der Waals surface area contributed by atoms with E-state index in [1.807, 2.05) is 0 Å². The molecule has 7 nitrogen and oxygen atoms in total. The molecule has 1 N–H and O–H groups in total. The Hall–Kier alpha value is -2.97. The quantitative estimate of drug-likeness (QED) is 0.251. The molecule has 8 heteroatoms. The number of carbonyl (C=O) groups is 2. The van der Waals surface area contributed by atoms with Crippen LogP contribution in [-0.4, -0.2) is 32.1 Å². The zero-order valence-corrected chi connectivity index (χ0v) is 17.2. The zero-order valence-electron chi connectivity index (χ0n) is 15.6. The third kappa shape index (κ3) is 5.10. The van der Waals surface area contributed by atoms with E-state index in [2.05, 4.69) is 21.2 Å². The minimum Gasteiger partial charge on any atom is -0.423 e. The molecule has 1 aromatic heterocycles. The van der Waals surface area contributed by atoms with Crippen LogP contribution >= 0.6 is 15.9 Å². The molecule has 0 radical (unpaired) electrons. The van der Waals surface area contributed by atoms with E-state index in [9.17, 15) is 14.4 Å². The van der Waals surface area contributed by atoms with E-state index < -0.39 is 17.5 Å². The molecule has 2 aromatic carbocycles. The molecule has 0 fully saturated rings. The van der Waals surface area contributed by atoms with E-state index in [-0.39, 0.29) is 16.9 Å². The van der Waals surface area contributed by atoms with Crippen LogP contribution in [0.1, 0.15) is 27.1 Å². The number of methoxy groups -OCH3 is 1. The van der Waals surface area contributed by atoms with Gasteiger partial charge in [0.05, 0.1) is 5.56 Å². The van der Waals surface area contributed by atoms with Crippen molar-refractivity contribution in [1.29, 1.82) is 0 Å². The van der Waals surface area contributed by atoms with Crippen molar-refractivity contribution in [2.24, 2.45) is 0 Å². The Bertz CT molecular complexity index is 1110. The third-order valence-electron chi connectivity index (χ3n) is 4.07. The molecule has 0 atom stereocenters. The van der Waals surface area contributed by atoms with Crippen LogP contribution in [0.2, 0.25) is 0 Å². The summed E-state index contributed by atoms with van der Waals surface area (Å²) in [4.78, 5) is 36.7. The summed E-state index contributed by atoms with van der Waals surface area (Å²) in [6.07, 6.45) is 0.632. The van der Waals surface area contributed by atoms with E-state index >= 15 is 0 Å². The summed E-state index contributed by atoms with van der Waals surface area (Å²) in [6.45, 7) is 0.891. The van der Waals surface area contributed by atoms with Gasteiger partial charge in [-0.1, -0.05) is 12.1 Å². The number of benzene rings is 2. The van der Waals surface area contributed by atoms with Crippen molar-refractivity contribution < 1.29 is 23.5 Å². The number of carbonyl (C=O) groups excluding carboxylic acids is 2. The van der Waals surface area contributed by atoms with Gasteiger partial charge in [-0.25, -0.2) is 9.59 Å². The largest absolute Gasteiger partial charge is 0.423 e. The Morgan fingerprint density at radius 2 is 1.90 bits per heavy atom. The Morgan fingerprint density at radius 3 is 2.66 bits per heavy atom. The molecule has 1 amide bonds. The number of hydrogen-bond donors (Lipinski definition) is 1. The van der Waals surface area contributed by atoms with Gasteiger partial charge in [-0.2, -0.15) is 0 Å². The fraction of sp³-hybridized carbons (Fsp3) is 0.190. The summed E-state index contributed by atoms with van der Waals surface area (Å²) in [7, 11) is 1.57. The molecule has 0 aliphatic rings. The number of esters is 1. The second kappa shape index (κ2) is 9.49. The molecular weight excluding hydrogens is 442 g/mol. The predicted octanol–water partition coefficient (Wildman–Crippen LogP) is 3.54. The molecule has 3 rings (SSSR count). The van der Waals surface area contributed by atoms with Crippen LogP contribution in [0.5, 0.6) is 5.75 Å². The van der Waals surface area contributed by atoms with Crippen molar-refractivity contribution in [2.75, 3.05) is 20.3 Å². The van der Waals surface area contributed by atoms with Gasteiger partial charge in [-0.05, 0) is 52.7 Å². The zero-order chi connectivity index (χ0) is 20.8. The maximum absolute atomic E-state index is 12.3. The van der Waals surface area contributed by atoms with Gasteiger partial charge in [-0.15, -0.1) is 0 Å². The third-order valence-corrected chi connectivity index (χ3v) is 4.76. The van der Waals surface area contributed by atoms with Gasteiger partial charge in [0.1, 0.15) is 16.9 Å². The minimum absolute atomic E-state index is 0.0899. The van der Waals surface area contributed by atoms with Crippen molar-refractivity contribution in [2.45, 2.75) is 6.42 Å². The Morgan fingerprint density at radius 1 is 1.10 bits per heavy atom. The molecule has 29 heavy (non-hydrogen) atoms. The van der Waals surface area contributed by atoms with E-state index in [0.717, 1.165) is 0 Å². The molecule has 0 spiro atoms. The Balaban J connectivity index is 1.79. The summed E-state index contributed by atoms with van der Waals surface area (Å²) >= 11 is 3.30. The first-order valence-electron chi connectivity index (χ1n) is 8.81. The molecule has 1 heterocycles. The van der Waals surface area contributed by atoms with Crippen molar-refractivity contribution in [3.8, 4) is 5.75 Å². The molecule has 150 valence electrons. The van der Waals surface area contributed by atoms with E-state index in [0.29, 0.717) is 35.0 Å². The topological polar surface area (TPSA) is 94.8 Å². The summed E-state index contributed by atoms with van der Waals surface area (Å²) < 4.78 is 16.1. The monoisotopic (exact) mass is 459 g/mol. The highest BCUT2D eigenvalue weighted by Gasteiger charge is 2.15. The fourth-order valence-corrected chi connectivity index (χ4v) is 3.06. The van der Waals surface area contributed by atoms with Gasteiger partial charge >= 0.3 is 11.6 Å². The molecule has 0 saturated heterocycles. The van der Waals surface area contributed by atoms with Gasteiger partial charge in [0.2, 0.25) is 0 Å². The normalized spacial score (nSPS) is 10.7. The number of amides is 1. The Labute approximate surface area is 174 Å². The minimum atomic E-state index is -0.768. The van der Waals surface area contributed by atoms with Gasteiger partial charge in [0.15, 0.2) is 0 Å². The second-order valence-corrected chi connectivity index (χ2v) is 6.97. The van der Waals surface area contributed by atoms with Crippen molar-refractivity contribution in [3.63, 3.8) is 0 Å². The van der Waals surface area contributed by atoms with Crippen LogP contribution in [-0.2, 0) is 4.74 Å². The van der Waals surface area contributed by atoms with Crippen LogP contribution in [0.4, 0.5) is 0 Å². The average molecular weight is 460 g/mol. The van der Waals surface area contributed by atoms with Gasteiger partial charge in [0, 0.05) is 36.2 Å². The molecule has 3 aromatic rings. The van der Waals surface area contributed by atoms with Crippen LogP contribution in [0.15, 0.2) is 62.2 Å². The first kappa shape index (κ1) is 20.8. The lowest BCUT2D eigenvalue weighted by molar-refractivity contribution is 0.0733. The van der Waals surface area contributed by atoms with E-state index in [1.165, 1.54) is 12.1 Å². The fourth-order valence-electron chi connectivity index (χ4n) is 2.62. The van der Waals surface area contributed by atoms with Crippen molar-refractivity contribution >= 4 is 38.8 Å². The van der Waals surface area contributed by atoms with E-state index in [1.54, 1.807) is 43.5 Å². The van der Waals surface area contributed by atoms with Crippen LogP contribution in [0.25, 0.3) is 11.0 Å². The molecule has 0 aliphatic heterocycles. The second-order valence-electron chi connectivity index (χ2n) is 6.12. The molecule has 0 saturated carbocycles.